The van der Waals surface area contributed by atoms with Gasteiger partial charge in [-0.15, -0.1) is 0 Å². The van der Waals surface area contributed by atoms with E-state index in [0.29, 0.717) is 0 Å². The fraction of sp³-hybridized carbons (Fsp3) is 0.357. The van der Waals surface area contributed by atoms with Gasteiger partial charge in [0.05, 0.1) is 0 Å². The molecule has 0 fully saturated rings. The molecule has 0 aromatic heterocycles. The molecule has 2 rings (SSSR count). The van der Waals surface area contributed by atoms with Crippen LogP contribution in [0.5, 0.6) is 0 Å². The molecule has 0 atom stereocenters. The summed E-state index contributed by atoms with van der Waals surface area (Å²) in [5, 5.41) is 0. The highest BCUT2D eigenvalue weighted by Gasteiger charge is 2.22. The van der Waals surface area contributed by atoms with Gasteiger partial charge in [-0.3, -0.25) is 0 Å². The Morgan fingerprint density at radius 2 is 1.71 bits per heavy atom. The van der Waals surface area contributed by atoms with Gasteiger partial charge in [0.2, 0.25) is 0 Å². The number of hydrogen-bond acceptors (Lipinski definition) is 0. The van der Waals surface area contributed by atoms with Gasteiger partial charge in [0.15, 0.2) is 0 Å². The molecular formula is C14H17. The maximum absolute atomic E-state index is 2.31. The fourth-order valence-corrected chi connectivity index (χ4v) is 1.76. The molecule has 0 unspecified atom stereocenters. The van der Waals surface area contributed by atoms with E-state index in [1.54, 1.807) is 0 Å². The lowest BCUT2D eigenvalue weighted by Gasteiger charge is -2.19. The van der Waals surface area contributed by atoms with Gasteiger partial charge in [-0.2, -0.15) is 0 Å². The van der Waals surface area contributed by atoms with Crippen molar-refractivity contribution in [1.82, 2.24) is 0 Å². The zero-order valence-corrected chi connectivity index (χ0v) is 9.39. The molecule has 1 aliphatic carbocycles. The van der Waals surface area contributed by atoms with Crippen molar-refractivity contribution in [3.05, 3.63) is 46.9 Å². The maximum Gasteiger partial charge on any atom is 0.0169 e. The predicted molar refractivity (Wildman–Crippen MR) is 62.0 cm³/mol. The second-order valence-corrected chi connectivity index (χ2v) is 5.13. The topological polar surface area (TPSA) is 0 Å². The minimum atomic E-state index is 0.257. The van der Waals surface area contributed by atoms with Gasteiger partial charge in [0, 0.05) is 6.42 Å². The highest BCUT2D eigenvalue weighted by Crippen LogP contribution is 2.37. The van der Waals surface area contributed by atoms with Crippen LogP contribution in [0, 0.1) is 18.8 Å². The van der Waals surface area contributed by atoms with E-state index in [1.165, 1.54) is 22.3 Å². The van der Waals surface area contributed by atoms with Gasteiger partial charge >= 0.3 is 0 Å². The average Bonchev–Trinajstić information content (AvgIpc) is 2.45. The van der Waals surface area contributed by atoms with Crippen LogP contribution in [-0.4, -0.2) is 0 Å². The summed E-state index contributed by atoms with van der Waals surface area (Å²) in [4.78, 5) is 0. The molecule has 1 aromatic carbocycles. The first-order chi connectivity index (χ1) is 6.47. The molecular weight excluding hydrogens is 168 g/mol. The van der Waals surface area contributed by atoms with Crippen molar-refractivity contribution in [3.8, 4) is 0 Å². The molecule has 0 nitrogen and oxygen atoms in total. The van der Waals surface area contributed by atoms with Crippen LogP contribution in [-0.2, 0) is 0 Å². The van der Waals surface area contributed by atoms with Crippen LogP contribution in [0.3, 0.4) is 0 Å². The average molecular weight is 185 g/mol. The van der Waals surface area contributed by atoms with Gasteiger partial charge in [0.25, 0.3) is 0 Å². The fourth-order valence-electron chi connectivity index (χ4n) is 1.76. The lowest BCUT2D eigenvalue weighted by atomic mass is 9.85. The van der Waals surface area contributed by atoms with E-state index in [1.807, 2.05) is 0 Å². The lowest BCUT2D eigenvalue weighted by molar-refractivity contribution is 0.516. The monoisotopic (exact) mass is 185 g/mol. The molecule has 0 amide bonds. The zero-order chi connectivity index (χ0) is 10.3. The second-order valence-electron chi connectivity index (χ2n) is 5.13. The van der Waals surface area contributed by atoms with Gasteiger partial charge in [0.1, 0.15) is 0 Å². The Bertz CT molecular complexity index is 389. The Hall–Kier alpha value is -1.04. The minimum Gasteiger partial charge on any atom is -0.0587 e. The third-order valence-corrected chi connectivity index (χ3v) is 2.73. The molecule has 0 N–H and O–H groups in total. The maximum atomic E-state index is 2.31. The van der Waals surface area contributed by atoms with E-state index in [0.717, 1.165) is 0 Å². The molecule has 0 aliphatic heterocycles. The van der Waals surface area contributed by atoms with Crippen LogP contribution in [0.1, 0.15) is 37.5 Å². The van der Waals surface area contributed by atoms with Crippen molar-refractivity contribution >= 4 is 6.08 Å². The summed E-state index contributed by atoms with van der Waals surface area (Å²) < 4.78 is 0. The minimum absolute atomic E-state index is 0.257. The second kappa shape index (κ2) is 2.98. The number of rotatable bonds is 0. The molecule has 0 saturated heterocycles. The molecule has 0 heteroatoms. The van der Waals surface area contributed by atoms with E-state index < -0.39 is 0 Å². The molecule has 1 aromatic rings. The highest BCUT2D eigenvalue weighted by molar-refractivity contribution is 5.70. The first-order valence-electron chi connectivity index (χ1n) is 5.14. The summed E-state index contributed by atoms with van der Waals surface area (Å²) in [6.07, 6.45) is 4.61. The Labute approximate surface area is 86.7 Å². The molecule has 1 aliphatic rings. The van der Waals surface area contributed by atoms with E-state index in [2.05, 4.69) is 58.4 Å². The molecule has 14 heavy (non-hydrogen) atoms. The third kappa shape index (κ3) is 1.61. The van der Waals surface area contributed by atoms with E-state index >= 15 is 0 Å². The third-order valence-electron chi connectivity index (χ3n) is 2.73. The van der Waals surface area contributed by atoms with Crippen LogP contribution >= 0.6 is 0 Å². The smallest absolute Gasteiger partial charge is 0.0169 e. The van der Waals surface area contributed by atoms with E-state index in [9.17, 15) is 0 Å². The molecule has 0 bridgehead atoms. The summed E-state index contributed by atoms with van der Waals surface area (Å²) in [5.41, 5.74) is 5.75. The molecule has 0 spiro atoms. The van der Waals surface area contributed by atoms with Gasteiger partial charge in [-0.25, -0.2) is 0 Å². The van der Waals surface area contributed by atoms with Crippen LogP contribution in [0.25, 0.3) is 6.08 Å². The van der Waals surface area contributed by atoms with Crippen molar-refractivity contribution in [2.75, 3.05) is 0 Å². The van der Waals surface area contributed by atoms with Crippen LogP contribution in [0.2, 0.25) is 0 Å². The predicted octanol–water partition coefficient (Wildman–Crippen LogP) is 3.99. The highest BCUT2D eigenvalue weighted by atomic mass is 14.3. The number of hydrogen-bond donors (Lipinski definition) is 0. The molecule has 0 heterocycles. The molecule has 1 radical (unpaired) electrons. The first-order valence-corrected chi connectivity index (χ1v) is 5.14. The normalized spacial score (nSPS) is 15.3. The van der Waals surface area contributed by atoms with Gasteiger partial charge in [-0.1, -0.05) is 56.2 Å². The Morgan fingerprint density at radius 3 is 2.36 bits per heavy atom. The number of allylic oxidation sites excluding steroid dienone is 1. The van der Waals surface area contributed by atoms with Gasteiger partial charge in [-0.05, 0) is 23.5 Å². The van der Waals surface area contributed by atoms with Crippen LogP contribution < -0.4 is 0 Å². The molecule has 0 saturated carbocycles. The van der Waals surface area contributed by atoms with Crippen molar-refractivity contribution in [2.45, 2.75) is 27.7 Å². The number of fused-ring (bicyclic) bond motifs is 1. The van der Waals surface area contributed by atoms with Crippen LogP contribution in [0.15, 0.2) is 23.8 Å². The SMILES string of the molecule is Cc1ccc2c(c1)[CH]C(C(C)(C)C)=C2. The molecule has 73 valence electrons. The quantitative estimate of drug-likeness (QED) is 0.573. The summed E-state index contributed by atoms with van der Waals surface area (Å²) in [5.74, 6) is 0. The summed E-state index contributed by atoms with van der Waals surface area (Å²) in [6.45, 7) is 8.92. The van der Waals surface area contributed by atoms with Gasteiger partial charge < -0.3 is 0 Å². The summed E-state index contributed by atoms with van der Waals surface area (Å²) in [7, 11) is 0. The lowest BCUT2D eigenvalue weighted by Crippen LogP contribution is -2.07. The number of benzene rings is 1. The van der Waals surface area contributed by atoms with Crippen molar-refractivity contribution in [3.63, 3.8) is 0 Å². The number of aryl methyl sites for hydroxylation is 1. The van der Waals surface area contributed by atoms with Crippen molar-refractivity contribution in [1.29, 1.82) is 0 Å². The largest absolute Gasteiger partial charge is 0.0587 e. The van der Waals surface area contributed by atoms with E-state index in [4.69, 9.17) is 0 Å². The Balaban J connectivity index is 2.37. The zero-order valence-electron chi connectivity index (χ0n) is 9.39. The van der Waals surface area contributed by atoms with Crippen molar-refractivity contribution in [2.24, 2.45) is 5.41 Å². The Kier molecular flexibility index (Phi) is 2.02. The summed E-state index contributed by atoms with van der Waals surface area (Å²) in [6, 6.07) is 6.64. The Morgan fingerprint density at radius 1 is 1.00 bits per heavy atom. The summed E-state index contributed by atoms with van der Waals surface area (Å²) >= 11 is 0. The van der Waals surface area contributed by atoms with E-state index in [-0.39, 0.29) is 5.41 Å². The van der Waals surface area contributed by atoms with Crippen molar-refractivity contribution < 1.29 is 0 Å². The first kappa shape index (κ1) is 9.51. The van der Waals surface area contributed by atoms with Crippen LogP contribution in [0.4, 0.5) is 0 Å². The standard InChI is InChI=1S/C14H17/c1-10-5-6-11-8-13(14(2,3)4)9-12(11)7-10/h5-9H,1-4H3.